The molecule has 0 spiro atoms. The van der Waals surface area contributed by atoms with E-state index < -0.39 is 16.9 Å². The van der Waals surface area contributed by atoms with Crippen LogP contribution in [0.2, 0.25) is 0 Å². The van der Waals surface area contributed by atoms with Crippen LogP contribution < -0.4 is 19.8 Å². The van der Waals surface area contributed by atoms with Crippen molar-refractivity contribution in [3.63, 3.8) is 0 Å². The molecule has 0 unspecified atom stereocenters. The van der Waals surface area contributed by atoms with Crippen molar-refractivity contribution < 1.29 is 19.2 Å². The first kappa shape index (κ1) is 25.6. The summed E-state index contributed by atoms with van der Waals surface area (Å²) in [7, 11) is 1.31. The van der Waals surface area contributed by atoms with E-state index >= 15 is 0 Å². The van der Waals surface area contributed by atoms with Gasteiger partial charge in [0, 0.05) is 36.5 Å². The molecule has 196 valence electrons. The Hall–Kier alpha value is -4.09. The lowest BCUT2D eigenvalue weighted by Gasteiger charge is -2.30. The number of rotatable bonds is 6. The molecule has 0 bridgehead atoms. The smallest absolute Gasteiger partial charge is 0.338 e. The number of benzene rings is 2. The van der Waals surface area contributed by atoms with Crippen molar-refractivity contribution in [3.8, 4) is 0 Å². The van der Waals surface area contributed by atoms with Gasteiger partial charge in [0.15, 0.2) is 4.80 Å². The Balaban J connectivity index is 1.74. The maximum atomic E-state index is 13.9. The van der Waals surface area contributed by atoms with Crippen molar-refractivity contribution in [1.82, 2.24) is 4.57 Å². The normalized spacial score (nSPS) is 17.7. The molecule has 2 aromatic carbocycles. The number of morpholine rings is 1. The van der Waals surface area contributed by atoms with Gasteiger partial charge in [-0.2, -0.15) is 0 Å². The molecule has 1 saturated heterocycles. The van der Waals surface area contributed by atoms with Crippen molar-refractivity contribution >= 4 is 34.8 Å². The first-order chi connectivity index (χ1) is 18.4. The third-order valence-corrected chi connectivity index (χ3v) is 7.61. The average molecular weight is 535 g/mol. The molecule has 38 heavy (non-hydrogen) atoms. The molecule has 5 rings (SSSR count). The van der Waals surface area contributed by atoms with Gasteiger partial charge in [-0.1, -0.05) is 48.6 Å². The second-order valence-corrected chi connectivity index (χ2v) is 9.81. The molecule has 1 atom stereocenters. The molecule has 0 amide bonds. The van der Waals surface area contributed by atoms with Gasteiger partial charge in [0.2, 0.25) is 0 Å². The summed E-state index contributed by atoms with van der Waals surface area (Å²) in [4.78, 5) is 45.1. The third kappa shape index (κ3) is 4.66. The average Bonchev–Trinajstić information content (AvgIpc) is 3.26. The van der Waals surface area contributed by atoms with Crippen LogP contribution in [0.3, 0.4) is 0 Å². The van der Waals surface area contributed by atoms with Gasteiger partial charge in [0.25, 0.3) is 11.2 Å². The lowest BCUT2D eigenvalue weighted by atomic mass is 9.95. The van der Waals surface area contributed by atoms with Gasteiger partial charge < -0.3 is 14.4 Å². The molecule has 3 heterocycles. The van der Waals surface area contributed by atoms with E-state index in [4.69, 9.17) is 9.47 Å². The predicted molar refractivity (Wildman–Crippen MR) is 143 cm³/mol. The van der Waals surface area contributed by atoms with Crippen LogP contribution in [0.5, 0.6) is 0 Å². The largest absolute Gasteiger partial charge is 0.466 e. The van der Waals surface area contributed by atoms with Gasteiger partial charge in [-0.3, -0.25) is 19.5 Å². The molecular formula is C27H26N4O6S. The van der Waals surface area contributed by atoms with Crippen molar-refractivity contribution in [2.75, 3.05) is 38.3 Å². The van der Waals surface area contributed by atoms with Crippen LogP contribution >= 0.6 is 11.3 Å². The highest BCUT2D eigenvalue weighted by Gasteiger charge is 2.33. The second kappa shape index (κ2) is 10.7. The number of fused-ring (bicyclic) bond motifs is 1. The van der Waals surface area contributed by atoms with E-state index in [2.05, 4.69) is 9.89 Å². The molecule has 2 aliphatic rings. The zero-order valence-corrected chi connectivity index (χ0v) is 21.8. The van der Waals surface area contributed by atoms with Crippen LogP contribution in [0.15, 0.2) is 69.6 Å². The van der Waals surface area contributed by atoms with E-state index in [9.17, 15) is 19.7 Å². The monoisotopic (exact) mass is 534 g/mol. The quantitative estimate of drug-likeness (QED) is 0.271. The molecule has 10 nitrogen and oxygen atoms in total. The summed E-state index contributed by atoms with van der Waals surface area (Å²) in [6, 6.07) is 13.2. The van der Waals surface area contributed by atoms with Crippen LogP contribution in [-0.2, 0) is 14.3 Å². The number of aromatic nitrogens is 1. The summed E-state index contributed by atoms with van der Waals surface area (Å²) in [6.45, 7) is 4.26. The Morgan fingerprint density at radius 3 is 2.63 bits per heavy atom. The highest BCUT2D eigenvalue weighted by Crippen LogP contribution is 2.32. The predicted octanol–water partition coefficient (Wildman–Crippen LogP) is 2.54. The van der Waals surface area contributed by atoms with Crippen LogP contribution in [0.1, 0.15) is 30.5 Å². The summed E-state index contributed by atoms with van der Waals surface area (Å²) in [5, 5.41) is 11.5. The van der Waals surface area contributed by atoms with E-state index in [0.29, 0.717) is 58.9 Å². The first-order valence-electron chi connectivity index (χ1n) is 12.2. The molecule has 0 aliphatic carbocycles. The van der Waals surface area contributed by atoms with Crippen molar-refractivity contribution in [2.45, 2.75) is 19.4 Å². The van der Waals surface area contributed by atoms with Gasteiger partial charge in [0.1, 0.15) is 0 Å². The number of ether oxygens (including phenoxy) is 2. The number of nitrogens with zero attached hydrogens (tertiary/aromatic N) is 4. The molecule has 0 N–H and O–H groups in total. The number of thiazole rings is 1. The van der Waals surface area contributed by atoms with E-state index in [0.717, 1.165) is 11.3 Å². The van der Waals surface area contributed by atoms with Crippen molar-refractivity contribution in [3.05, 3.63) is 101 Å². The molecule has 11 heteroatoms. The van der Waals surface area contributed by atoms with Crippen LogP contribution in [-0.4, -0.2) is 48.9 Å². The number of hydrogen-bond acceptors (Lipinski definition) is 9. The lowest BCUT2D eigenvalue weighted by molar-refractivity contribution is -0.384. The molecular weight excluding hydrogens is 508 g/mol. The van der Waals surface area contributed by atoms with Crippen LogP contribution in [0.25, 0.3) is 6.08 Å². The van der Waals surface area contributed by atoms with Crippen LogP contribution in [0.4, 0.5) is 11.4 Å². The first-order valence-corrected chi connectivity index (χ1v) is 13.0. The van der Waals surface area contributed by atoms with Gasteiger partial charge in [-0.05, 0) is 24.1 Å². The summed E-state index contributed by atoms with van der Waals surface area (Å²) >= 11 is 1.19. The van der Waals surface area contributed by atoms with E-state index in [1.807, 2.05) is 37.3 Å². The minimum Gasteiger partial charge on any atom is -0.466 e. The maximum Gasteiger partial charge on any atom is 0.338 e. The Morgan fingerprint density at radius 2 is 1.97 bits per heavy atom. The summed E-state index contributed by atoms with van der Waals surface area (Å²) in [5.74, 6) is -0.540. The second-order valence-electron chi connectivity index (χ2n) is 8.80. The molecule has 1 aromatic heterocycles. The zero-order chi connectivity index (χ0) is 26.8. The lowest BCUT2D eigenvalue weighted by Crippen LogP contribution is -2.40. The minimum atomic E-state index is -0.708. The summed E-state index contributed by atoms with van der Waals surface area (Å²) < 4.78 is 12.4. The van der Waals surface area contributed by atoms with Crippen molar-refractivity contribution in [2.24, 2.45) is 4.99 Å². The fourth-order valence-corrected chi connectivity index (χ4v) is 5.83. The number of esters is 1. The fraction of sp³-hybridized carbons (Fsp3) is 0.296. The SMILES string of the molecule is CCC1=C(C(=O)OC)[C@H](c2ccccc2)n2c(s/c(=C\c3cc([N+](=O)[O-])ccc3N3CCOCC3)c2=O)=N1. The topological polar surface area (TPSA) is 116 Å². The molecule has 2 aliphatic heterocycles. The number of non-ortho nitro benzene ring substituents is 1. The molecule has 1 fully saturated rings. The summed E-state index contributed by atoms with van der Waals surface area (Å²) in [6.07, 6.45) is 2.15. The number of carbonyl (C=O) groups is 1. The van der Waals surface area contributed by atoms with Crippen LogP contribution in [0, 0.1) is 10.1 Å². The van der Waals surface area contributed by atoms with E-state index in [1.54, 1.807) is 12.1 Å². The van der Waals surface area contributed by atoms with Gasteiger partial charge in [-0.15, -0.1) is 0 Å². The number of carbonyl (C=O) groups excluding carboxylic acids is 1. The number of nitro groups is 1. The molecule has 0 saturated carbocycles. The number of methoxy groups -OCH3 is 1. The minimum absolute atomic E-state index is 0.0653. The third-order valence-electron chi connectivity index (χ3n) is 6.63. The van der Waals surface area contributed by atoms with Gasteiger partial charge in [-0.25, -0.2) is 9.79 Å². The fourth-order valence-electron chi connectivity index (χ4n) is 4.82. The Bertz CT molecular complexity index is 1600. The van der Waals surface area contributed by atoms with Gasteiger partial charge in [0.05, 0.1) is 47.1 Å². The van der Waals surface area contributed by atoms with E-state index in [1.165, 1.54) is 35.1 Å². The van der Waals surface area contributed by atoms with E-state index in [-0.39, 0.29) is 11.2 Å². The molecule has 0 radical (unpaired) electrons. The van der Waals surface area contributed by atoms with Gasteiger partial charge >= 0.3 is 5.97 Å². The standard InChI is InChI=1S/C27H26N4O6S/c1-3-20-23(26(33)36-2)24(17-7-5-4-6-8-17)30-25(32)22(38-27(30)28-20)16-18-15-19(31(34)35)9-10-21(18)29-11-13-37-14-12-29/h4-10,15-16,24H,3,11-14H2,1-2H3/b22-16-/t24-/m0/s1. The Labute approximate surface area is 221 Å². The highest BCUT2D eigenvalue weighted by molar-refractivity contribution is 7.07. The van der Waals surface area contributed by atoms with Crippen molar-refractivity contribution in [1.29, 1.82) is 0 Å². The summed E-state index contributed by atoms with van der Waals surface area (Å²) in [5.41, 5.74) is 2.58. The number of nitro benzene ring substituents is 1. The number of anilines is 1. The number of allylic oxidation sites excluding steroid dienone is 1. The maximum absolute atomic E-state index is 13.9. The zero-order valence-electron chi connectivity index (χ0n) is 21.0. The Kier molecular flexibility index (Phi) is 7.21. The Morgan fingerprint density at radius 1 is 1.24 bits per heavy atom. The highest BCUT2D eigenvalue weighted by atomic mass is 32.1. The number of hydrogen-bond donors (Lipinski definition) is 0. The molecule has 3 aromatic rings.